The van der Waals surface area contributed by atoms with Crippen LogP contribution in [-0.2, 0) is 99.5 Å². The van der Waals surface area contributed by atoms with Crippen LogP contribution in [-0.4, -0.2) is 195 Å². The van der Waals surface area contributed by atoms with Gasteiger partial charge >= 0.3 is 5.97 Å². The number of hydrogen-bond donors (Lipinski definition) is 16. The van der Waals surface area contributed by atoms with E-state index in [4.69, 9.17) is 5.73 Å². The average Bonchev–Trinajstić information content (AvgIpc) is 0.897. The van der Waals surface area contributed by atoms with Crippen LogP contribution < -0.4 is 53.6 Å². The molecule has 10 amide bonds. The summed E-state index contributed by atoms with van der Waals surface area (Å²) in [5.41, 5.74) is 8.05. The third-order valence-corrected chi connectivity index (χ3v) is 21.4. The van der Waals surface area contributed by atoms with Gasteiger partial charge in [0.15, 0.2) is 11.6 Å². The second-order valence-corrected chi connectivity index (χ2v) is 31.8. The summed E-state index contributed by atoms with van der Waals surface area (Å²) in [5.74, 6) is -14.1. The van der Waals surface area contributed by atoms with Crippen LogP contribution in [0.5, 0.6) is 11.5 Å². The first-order chi connectivity index (χ1) is 54.2. The number of benzene rings is 4. The molecule has 1 aliphatic rings. The molecule has 0 fully saturated rings. The van der Waals surface area contributed by atoms with Crippen LogP contribution in [0.3, 0.4) is 0 Å². The van der Waals surface area contributed by atoms with Gasteiger partial charge in [0.25, 0.3) is 0 Å². The lowest BCUT2D eigenvalue weighted by Crippen LogP contribution is -2.60. The van der Waals surface area contributed by atoms with Gasteiger partial charge in [-0.25, -0.2) is 4.98 Å². The van der Waals surface area contributed by atoms with Gasteiger partial charge < -0.3 is 84.1 Å². The highest BCUT2D eigenvalue weighted by molar-refractivity contribution is 7.98. The molecule has 0 saturated carbocycles. The number of amides is 10. The molecular weight excluding hydrogens is 1510 g/mol. The van der Waals surface area contributed by atoms with Crippen LogP contribution >= 0.6 is 23.5 Å². The molecule has 0 saturated heterocycles. The zero-order valence-corrected chi connectivity index (χ0v) is 66.5. The van der Waals surface area contributed by atoms with Crippen molar-refractivity contribution in [2.75, 3.05) is 11.5 Å². The third-order valence-electron chi connectivity index (χ3n) is 19.2. The first-order valence-corrected chi connectivity index (χ1v) is 40.2. The van der Waals surface area contributed by atoms with E-state index in [1.807, 2.05) is 24.3 Å². The molecule has 2 aromatic heterocycles. The number of nitrogens with zero attached hydrogens (tertiary/aromatic N) is 2. The average molecular weight is 1610 g/mol. The fourth-order valence-corrected chi connectivity index (χ4v) is 14.7. The largest absolute Gasteiger partial charge is 0.508 e. The maximum Gasteiger partial charge on any atom is 0.303 e. The Morgan fingerprint density at radius 1 is 0.544 bits per heavy atom. The van der Waals surface area contributed by atoms with Crippen molar-refractivity contribution in [2.24, 2.45) is 23.0 Å². The second-order valence-electron chi connectivity index (χ2n) is 29.7. The number of carbonyl (C=O) groups excluding carboxylic acids is 12. The monoisotopic (exact) mass is 1610 g/mol. The van der Waals surface area contributed by atoms with Crippen LogP contribution in [0.15, 0.2) is 122 Å². The van der Waals surface area contributed by atoms with E-state index in [-0.39, 0.29) is 80.7 Å². The topological polar surface area (TPSA) is 499 Å². The molecule has 13 atom stereocenters. The Morgan fingerprint density at radius 3 is 1.67 bits per heavy atom. The molecule has 0 aliphatic carbocycles. The number of nitrogens with two attached hydrogens (primary N) is 1. The Labute approximate surface area is 669 Å². The van der Waals surface area contributed by atoms with Crippen molar-refractivity contribution in [2.45, 2.75) is 210 Å². The van der Waals surface area contributed by atoms with Crippen LogP contribution in [0, 0.1) is 17.3 Å². The highest BCUT2D eigenvalue weighted by Gasteiger charge is 2.40. The van der Waals surface area contributed by atoms with Crippen molar-refractivity contribution in [3.63, 3.8) is 0 Å². The quantitative estimate of drug-likeness (QED) is 0.0585. The zero-order chi connectivity index (χ0) is 83.3. The maximum absolute atomic E-state index is 15.1. The number of primary amides is 1. The summed E-state index contributed by atoms with van der Waals surface area (Å²) in [6.07, 6.45) is -2.37. The van der Waals surface area contributed by atoms with Gasteiger partial charge in [-0.2, -0.15) is 23.5 Å². The molecule has 31 nitrogen and oxygen atoms in total. The number of phenols is 2. The predicted molar refractivity (Wildman–Crippen MR) is 427 cm³/mol. The van der Waals surface area contributed by atoms with Gasteiger partial charge in [0, 0.05) is 103 Å². The van der Waals surface area contributed by atoms with Gasteiger partial charge in [0.2, 0.25) is 59.1 Å². The minimum absolute atomic E-state index is 0.0322. The number of H-pyrrole nitrogens is 1. The molecule has 4 aromatic carbocycles. The lowest BCUT2D eigenvalue weighted by molar-refractivity contribution is -0.139. The smallest absolute Gasteiger partial charge is 0.303 e. The number of pyridine rings is 1. The van der Waals surface area contributed by atoms with Crippen molar-refractivity contribution in [1.29, 1.82) is 0 Å². The van der Waals surface area contributed by atoms with Crippen molar-refractivity contribution in [3.8, 4) is 11.5 Å². The number of nitrogens with one attached hydrogen (secondary N) is 10. The van der Waals surface area contributed by atoms with Crippen LogP contribution in [0.25, 0.3) is 10.8 Å². The van der Waals surface area contributed by atoms with Crippen LogP contribution in [0.1, 0.15) is 140 Å². The zero-order valence-electron chi connectivity index (χ0n) is 64.9. The molecule has 1 aliphatic heterocycles. The van der Waals surface area contributed by atoms with E-state index in [0.717, 1.165) is 16.5 Å². The Balaban J connectivity index is 1.25. The number of hydrogen-bond acceptors (Lipinski definition) is 21. The fourth-order valence-electron chi connectivity index (χ4n) is 12.8. The van der Waals surface area contributed by atoms with Gasteiger partial charge in [-0.15, -0.1) is 0 Å². The Hall–Kier alpha value is -10.8. The SMILES string of the molecule is CCC[C@@H]1NC(=O)[C@H](Cc2ccc(O)cc2)CC(=O)[C@H](CCC(=O)O)NC(=O)[C@H](CCC)NC(=O)[C@H](Cc2cc3ccccc3cn2)NC(=O)[C@H]([C@@H](C)O)CC(=O)[C@H](Cc2cnc[nH]2)NC(=O)[C@H](Cc2ccc(O)cc2)NC(=O)[C@H](C(C)(C)C)NC(=O)CCSCc2cccc(c2)CSC[C@@H](C(N)=O)NC(=O)[C@H]([C@@H](C)O)NC1=O. The molecule has 0 spiro atoms. The molecule has 6 aromatic rings. The van der Waals surface area contributed by atoms with Crippen LogP contribution in [0.2, 0.25) is 0 Å². The van der Waals surface area contributed by atoms with Gasteiger partial charge in [-0.3, -0.25) is 67.3 Å². The number of ketones is 2. The van der Waals surface area contributed by atoms with E-state index >= 15 is 9.59 Å². The summed E-state index contributed by atoms with van der Waals surface area (Å²) in [6, 6.07) is 14.3. The number of fused-ring (bicyclic) bond motifs is 3. The summed E-state index contributed by atoms with van der Waals surface area (Å²) in [7, 11) is 0. The van der Waals surface area contributed by atoms with Gasteiger partial charge in [-0.05, 0) is 103 Å². The first kappa shape index (κ1) is 90.4. The molecule has 614 valence electrons. The number of aliphatic hydroxyl groups is 2. The summed E-state index contributed by atoms with van der Waals surface area (Å²) in [5, 5.41) is 78.4. The Kier molecular flexibility index (Phi) is 34.9. The van der Waals surface area contributed by atoms with E-state index in [1.54, 1.807) is 71.1 Å². The minimum atomic E-state index is -1.71. The molecule has 33 heteroatoms. The summed E-state index contributed by atoms with van der Waals surface area (Å²) in [6.45, 7) is 11.0. The second kappa shape index (κ2) is 44.0. The number of imidazole rings is 1. The number of aromatic hydroxyl groups is 2. The van der Waals surface area contributed by atoms with Crippen molar-refractivity contribution in [1.82, 2.24) is 62.8 Å². The number of carboxylic acids is 1. The van der Waals surface area contributed by atoms with E-state index in [9.17, 15) is 78.3 Å². The summed E-state index contributed by atoms with van der Waals surface area (Å²) >= 11 is 2.69. The first-order valence-electron chi connectivity index (χ1n) is 37.9. The number of aromatic nitrogens is 3. The third kappa shape index (κ3) is 28.7. The maximum atomic E-state index is 15.1. The number of thioether (sulfide) groups is 2. The standard InChI is InChI=1S/C81H105N13O18S2/c1-8-13-60-75(107)86-59(27-28-69(102)103)66(99)35-53(32-47-19-23-56(97)24-20-47)73(105)87-61(14-9-2)76(108)94-70(46(4)96)79(111)92-65(72(82)104)43-114-42-50-16-12-15-49(31-50)41-113-30-29-68(101)93-71(81(5,6)7)80(112)91-63(33-48-21-25-57(98)26-22-48)77(109)89-62(37-55-40-83-44-85-55)67(100)38-58(45(3)95)74(106)90-64(78(110)88-60)36-54-34-51-17-10-11-18-52(51)39-84-54/h10-12,15-26,31,34,39-40,44-46,53,58-65,70-71,95-98H,8-9,13-14,27-30,32-33,35-38,41-43H2,1-7H3,(H2,82,104)(H,83,85)(H,86,107)(H,87,105)(H,88,110)(H,89,109)(H,90,106)(H,91,112)(H,92,111)(H,93,101)(H,94,108)(H,102,103)/t45-,46-,53-,58+,59+,60+,61+,62+,63+,64+,65+,70+,71-/m1/s1. The Bertz CT molecular complexity index is 4310. The molecule has 2 bridgehead atoms. The fraction of sp³-hybridized carbons (Fsp3) is 0.469. The summed E-state index contributed by atoms with van der Waals surface area (Å²) < 4.78 is 0. The number of aliphatic hydroxyl groups excluding tert-OH is 2. The molecular formula is C81H105N13O18S2. The van der Waals surface area contributed by atoms with Crippen molar-refractivity contribution in [3.05, 3.63) is 155 Å². The molecule has 0 unspecified atom stereocenters. The predicted octanol–water partition coefficient (Wildman–Crippen LogP) is 3.48. The number of carbonyl (C=O) groups is 13. The minimum Gasteiger partial charge on any atom is -0.508 e. The molecule has 114 heavy (non-hydrogen) atoms. The van der Waals surface area contributed by atoms with E-state index in [1.165, 1.54) is 98.4 Å². The highest BCUT2D eigenvalue weighted by atomic mass is 32.2. The lowest BCUT2D eigenvalue weighted by Gasteiger charge is -2.32. The molecule has 0 radical (unpaired) electrons. The van der Waals surface area contributed by atoms with E-state index < -0.39 is 186 Å². The van der Waals surface area contributed by atoms with Gasteiger partial charge in [0.05, 0.1) is 36.5 Å². The van der Waals surface area contributed by atoms with E-state index in [2.05, 4.69) is 62.8 Å². The number of rotatable bonds is 18. The normalized spacial score (nSPS) is 23.5. The Morgan fingerprint density at radius 2 is 1.09 bits per heavy atom. The summed E-state index contributed by atoms with van der Waals surface area (Å²) in [4.78, 5) is 198. The number of carboxylic acid groups (broad SMARTS) is 1. The van der Waals surface area contributed by atoms with Gasteiger partial charge in [-0.1, -0.05) is 120 Å². The van der Waals surface area contributed by atoms with Crippen LogP contribution in [0.4, 0.5) is 0 Å². The number of Topliss-reactive ketones (excluding diaryl/α,β-unsaturated/α-hetero) is 2. The highest BCUT2D eigenvalue weighted by Crippen LogP contribution is 2.26. The van der Waals surface area contributed by atoms with Gasteiger partial charge in [0.1, 0.15) is 53.8 Å². The van der Waals surface area contributed by atoms with Crippen molar-refractivity contribution < 1.29 is 87.9 Å². The molecule has 7 rings (SSSR count). The number of phenolic OH excluding ortho intramolecular Hbond substituents is 2. The number of aliphatic carboxylic acids is 1. The van der Waals surface area contributed by atoms with E-state index in [0.29, 0.717) is 39.5 Å². The molecule has 17 N–H and O–H groups in total. The number of aromatic amines is 1. The molecule has 3 heterocycles. The van der Waals surface area contributed by atoms with Crippen molar-refractivity contribution >= 4 is 111 Å². The lowest BCUT2D eigenvalue weighted by atomic mass is 9.85.